The highest BCUT2D eigenvalue weighted by Crippen LogP contribution is 2.36. The molecule has 166 valence electrons. The standard InChI is InChI=1S/C22H26N8OS/c1-13-10-29(12-24-13)19-20(31-5)25-16(9-23-19)17-11-32-21(26-17)27-18-14-7-6-8-15(14)28-30(18)22(2,3)4/h9-12H,6-8H2,1-5H3,(H,26,27). The van der Waals surface area contributed by atoms with E-state index in [4.69, 9.17) is 14.8 Å². The Kier molecular flexibility index (Phi) is 4.96. The number of aromatic nitrogens is 7. The Labute approximate surface area is 190 Å². The summed E-state index contributed by atoms with van der Waals surface area (Å²) in [5.74, 6) is 2.06. The average molecular weight is 451 g/mol. The summed E-state index contributed by atoms with van der Waals surface area (Å²) < 4.78 is 9.38. The van der Waals surface area contributed by atoms with Crippen LogP contribution < -0.4 is 10.1 Å². The fourth-order valence-electron chi connectivity index (χ4n) is 3.90. The number of hydrogen-bond acceptors (Lipinski definition) is 8. The number of hydrogen-bond donors (Lipinski definition) is 1. The summed E-state index contributed by atoms with van der Waals surface area (Å²) in [7, 11) is 1.59. The van der Waals surface area contributed by atoms with Gasteiger partial charge in [-0.1, -0.05) is 0 Å². The van der Waals surface area contributed by atoms with E-state index in [1.165, 1.54) is 22.6 Å². The SMILES string of the molecule is COc1nc(-c2csc(Nc3c4c(nn3C(C)(C)C)CCC4)n2)cnc1-n1cnc(C)c1. The summed E-state index contributed by atoms with van der Waals surface area (Å²) in [6, 6.07) is 0. The monoisotopic (exact) mass is 450 g/mol. The van der Waals surface area contributed by atoms with E-state index in [1.807, 2.05) is 18.5 Å². The van der Waals surface area contributed by atoms with Crippen LogP contribution in [0.2, 0.25) is 0 Å². The second kappa shape index (κ2) is 7.70. The van der Waals surface area contributed by atoms with Crippen LogP contribution in [0.4, 0.5) is 10.9 Å². The molecule has 0 saturated heterocycles. The number of nitrogens with one attached hydrogen (secondary N) is 1. The van der Waals surface area contributed by atoms with Gasteiger partial charge in [-0.05, 0) is 47.0 Å². The molecule has 1 aliphatic carbocycles. The number of nitrogens with zero attached hydrogens (tertiary/aromatic N) is 7. The van der Waals surface area contributed by atoms with Crippen LogP contribution in [0, 0.1) is 6.92 Å². The molecule has 0 unspecified atom stereocenters. The van der Waals surface area contributed by atoms with Gasteiger partial charge in [0.1, 0.15) is 23.5 Å². The Hall–Kier alpha value is -3.27. The summed E-state index contributed by atoms with van der Waals surface area (Å²) >= 11 is 1.54. The van der Waals surface area contributed by atoms with E-state index >= 15 is 0 Å². The number of fused-ring (bicyclic) bond motifs is 1. The summed E-state index contributed by atoms with van der Waals surface area (Å²) in [5.41, 5.74) is 4.68. The van der Waals surface area contributed by atoms with E-state index in [0.717, 1.165) is 41.6 Å². The van der Waals surface area contributed by atoms with E-state index in [1.54, 1.807) is 24.2 Å². The van der Waals surface area contributed by atoms with Crippen molar-refractivity contribution in [3.05, 3.63) is 41.1 Å². The molecule has 0 atom stereocenters. The maximum Gasteiger partial charge on any atom is 0.258 e. The smallest absolute Gasteiger partial charge is 0.258 e. The largest absolute Gasteiger partial charge is 0.478 e. The number of anilines is 2. The first kappa shape index (κ1) is 20.6. The van der Waals surface area contributed by atoms with Gasteiger partial charge in [0.05, 0.1) is 30.2 Å². The summed E-state index contributed by atoms with van der Waals surface area (Å²) in [5, 5.41) is 11.2. The summed E-state index contributed by atoms with van der Waals surface area (Å²) in [4.78, 5) is 18.2. The molecule has 10 heteroatoms. The predicted octanol–water partition coefficient (Wildman–Crippen LogP) is 4.29. The van der Waals surface area contributed by atoms with Crippen LogP contribution in [0.5, 0.6) is 5.88 Å². The molecule has 9 nitrogen and oxygen atoms in total. The van der Waals surface area contributed by atoms with Crippen molar-refractivity contribution in [2.45, 2.75) is 52.5 Å². The average Bonchev–Trinajstić information content (AvgIpc) is 3.52. The lowest BCUT2D eigenvalue weighted by Gasteiger charge is -2.23. The van der Waals surface area contributed by atoms with Crippen LogP contribution in [0.25, 0.3) is 17.2 Å². The Morgan fingerprint density at radius 2 is 1.97 bits per heavy atom. The molecule has 0 saturated carbocycles. The molecule has 5 rings (SSSR count). The minimum absolute atomic E-state index is 0.118. The van der Waals surface area contributed by atoms with E-state index in [9.17, 15) is 0 Å². The number of ether oxygens (including phenoxy) is 1. The highest BCUT2D eigenvalue weighted by Gasteiger charge is 2.28. The second-order valence-electron chi connectivity index (χ2n) is 8.88. The first-order valence-corrected chi connectivity index (χ1v) is 11.5. The van der Waals surface area contributed by atoms with Gasteiger partial charge in [0.2, 0.25) is 5.82 Å². The minimum atomic E-state index is -0.118. The van der Waals surface area contributed by atoms with Crippen molar-refractivity contribution in [2.75, 3.05) is 12.4 Å². The fourth-order valence-corrected chi connectivity index (χ4v) is 4.60. The van der Waals surface area contributed by atoms with Crippen LogP contribution in [-0.2, 0) is 18.4 Å². The summed E-state index contributed by atoms with van der Waals surface area (Å²) in [6.45, 7) is 8.42. The number of methoxy groups -OCH3 is 1. The van der Waals surface area contributed by atoms with Crippen molar-refractivity contribution in [2.24, 2.45) is 0 Å². The zero-order valence-electron chi connectivity index (χ0n) is 18.9. The number of rotatable bonds is 5. The molecule has 0 bridgehead atoms. The van der Waals surface area contributed by atoms with E-state index in [-0.39, 0.29) is 5.54 Å². The van der Waals surface area contributed by atoms with Crippen molar-refractivity contribution in [3.8, 4) is 23.1 Å². The molecule has 0 aromatic carbocycles. The molecule has 4 aromatic rings. The third-order valence-corrected chi connectivity index (χ3v) is 6.16. The lowest BCUT2D eigenvalue weighted by molar-refractivity contribution is 0.358. The molecule has 0 amide bonds. The van der Waals surface area contributed by atoms with Crippen LogP contribution in [-0.4, -0.2) is 41.4 Å². The Balaban J connectivity index is 1.45. The normalized spacial score (nSPS) is 13.4. The maximum absolute atomic E-state index is 5.49. The Morgan fingerprint density at radius 3 is 2.69 bits per heavy atom. The van der Waals surface area contributed by atoms with Gasteiger partial charge in [-0.2, -0.15) is 5.10 Å². The van der Waals surface area contributed by atoms with Gasteiger partial charge in [-0.25, -0.2) is 24.6 Å². The van der Waals surface area contributed by atoms with Crippen LogP contribution in [0.1, 0.15) is 44.1 Å². The first-order chi connectivity index (χ1) is 15.3. The van der Waals surface area contributed by atoms with Gasteiger partial charge < -0.3 is 10.1 Å². The van der Waals surface area contributed by atoms with Crippen molar-refractivity contribution in [3.63, 3.8) is 0 Å². The molecule has 1 N–H and O–H groups in total. The zero-order valence-corrected chi connectivity index (χ0v) is 19.7. The van der Waals surface area contributed by atoms with Gasteiger partial charge in [-0.15, -0.1) is 11.3 Å². The molecule has 0 fully saturated rings. The molecule has 1 aliphatic rings. The molecule has 4 aromatic heterocycles. The maximum atomic E-state index is 5.49. The summed E-state index contributed by atoms with van der Waals surface area (Å²) in [6.07, 6.45) is 8.52. The molecule has 0 spiro atoms. The minimum Gasteiger partial charge on any atom is -0.478 e. The van der Waals surface area contributed by atoms with Crippen molar-refractivity contribution >= 4 is 22.3 Å². The lowest BCUT2D eigenvalue weighted by Crippen LogP contribution is -2.25. The highest BCUT2D eigenvalue weighted by atomic mass is 32.1. The van der Waals surface area contributed by atoms with Crippen LogP contribution >= 0.6 is 11.3 Å². The van der Waals surface area contributed by atoms with Crippen LogP contribution in [0.15, 0.2) is 24.1 Å². The molecular formula is C22H26N8OS. The molecule has 32 heavy (non-hydrogen) atoms. The number of thiazole rings is 1. The lowest BCUT2D eigenvalue weighted by atomic mass is 10.1. The third-order valence-electron chi connectivity index (χ3n) is 5.41. The quantitative estimate of drug-likeness (QED) is 0.485. The Bertz CT molecular complexity index is 1280. The van der Waals surface area contributed by atoms with Crippen LogP contribution in [0.3, 0.4) is 0 Å². The van der Waals surface area contributed by atoms with Crippen molar-refractivity contribution < 1.29 is 4.74 Å². The van der Waals surface area contributed by atoms with E-state index in [0.29, 0.717) is 17.4 Å². The zero-order chi connectivity index (χ0) is 22.5. The molecule has 0 aliphatic heterocycles. The van der Waals surface area contributed by atoms with Gasteiger partial charge in [0, 0.05) is 17.1 Å². The second-order valence-corrected chi connectivity index (χ2v) is 9.74. The number of imidazole rings is 1. The van der Waals surface area contributed by atoms with Gasteiger partial charge in [0.15, 0.2) is 5.13 Å². The Morgan fingerprint density at radius 1 is 1.12 bits per heavy atom. The first-order valence-electron chi connectivity index (χ1n) is 10.6. The fraction of sp³-hybridized carbons (Fsp3) is 0.409. The van der Waals surface area contributed by atoms with E-state index < -0.39 is 0 Å². The van der Waals surface area contributed by atoms with Gasteiger partial charge in [0.25, 0.3) is 5.88 Å². The molecule has 4 heterocycles. The van der Waals surface area contributed by atoms with E-state index in [2.05, 4.69) is 45.7 Å². The topological polar surface area (TPSA) is 95.6 Å². The number of aryl methyl sites for hydroxylation is 2. The van der Waals surface area contributed by atoms with Gasteiger partial charge in [-0.3, -0.25) is 4.57 Å². The highest BCUT2D eigenvalue weighted by molar-refractivity contribution is 7.14. The predicted molar refractivity (Wildman–Crippen MR) is 124 cm³/mol. The third kappa shape index (κ3) is 3.64. The molecule has 0 radical (unpaired) electrons. The van der Waals surface area contributed by atoms with Crippen molar-refractivity contribution in [1.82, 2.24) is 34.3 Å². The molecular weight excluding hydrogens is 424 g/mol. The van der Waals surface area contributed by atoms with Crippen molar-refractivity contribution in [1.29, 1.82) is 0 Å². The van der Waals surface area contributed by atoms with Gasteiger partial charge >= 0.3 is 0 Å².